The SMILES string of the molecule is CCCCCCCCO[C@@H]1O[C@H](CO[C@H]2O[C@H](CO)[C@@H](O)[C@H](O)[C@@H]2O)[C@@H](O)[C@H](O[C@H]2O[C@H](COCCCCCNC(=O)CI)[C@@H](O)[C@H](O)[C@@H]2O)[C@@H]1O. The van der Waals surface area contributed by atoms with Crippen LogP contribution in [0.5, 0.6) is 0 Å². The molecular weight excluding hydrogens is 809 g/mol. The fourth-order valence-electron chi connectivity index (χ4n) is 6.12. The molecule has 306 valence electrons. The van der Waals surface area contributed by atoms with E-state index in [1.807, 2.05) is 22.6 Å². The first-order chi connectivity index (χ1) is 24.9. The third-order valence-corrected chi connectivity index (χ3v) is 10.0. The largest absolute Gasteiger partial charge is 0.394 e. The third-order valence-electron chi connectivity index (χ3n) is 9.35. The second-order valence-electron chi connectivity index (χ2n) is 13.4. The molecule has 0 aliphatic carbocycles. The summed E-state index contributed by atoms with van der Waals surface area (Å²) in [6.07, 6.45) is -15.2. The summed E-state index contributed by atoms with van der Waals surface area (Å²) in [5.41, 5.74) is 0. The van der Waals surface area contributed by atoms with Gasteiger partial charge in [0, 0.05) is 19.8 Å². The van der Waals surface area contributed by atoms with Crippen molar-refractivity contribution in [1.29, 1.82) is 0 Å². The van der Waals surface area contributed by atoms with Crippen molar-refractivity contribution in [1.82, 2.24) is 5.32 Å². The molecule has 3 aliphatic rings. The lowest BCUT2D eigenvalue weighted by molar-refractivity contribution is -0.366. The van der Waals surface area contributed by atoms with Crippen molar-refractivity contribution in [3.63, 3.8) is 0 Å². The number of carbonyl (C=O) groups excluding carboxylic acids is 1. The van der Waals surface area contributed by atoms with Gasteiger partial charge in [0.25, 0.3) is 0 Å². The van der Waals surface area contributed by atoms with E-state index in [9.17, 15) is 50.8 Å². The Balaban J connectivity index is 1.63. The number of aliphatic hydroxyl groups excluding tert-OH is 9. The van der Waals surface area contributed by atoms with Gasteiger partial charge in [-0.05, 0) is 25.7 Å². The van der Waals surface area contributed by atoms with Crippen molar-refractivity contribution in [3.05, 3.63) is 0 Å². The molecule has 0 aromatic heterocycles. The van der Waals surface area contributed by atoms with Crippen LogP contribution < -0.4 is 5.32 Å². The molecule has 0 aromatic carbocycles. The van der Waals surface area contributed by atoms with Crippen LogP contribution in [0, 0.1) is 0 Å². The average Bonchev–Trinajstić information content (AvgIpc) is 3.14. The lowest BCUT2D eigenvalue weighted by Gasteiger charge is -2.46. The number of hydrogen-bond acceptors (Lipinski definition) is 17. The number of alkyl halides is 1. The summed E-state index contributed by atoms with van der Waals surface area (Å²) < 4.78 is 40.4. The molecule has 3 aliphatic heterocycles. The van der Waals surface area contributed by atoms with Gasteiger partial charge in [0.05, 0.1) is 24.2 Å². The Morgan fingerprint density at radius 3 is 1.87 bits per heavy atom. The van der Waals surface area contributed by atoms with E-state index in [-0.39, 0.29) is 19.1 Å². The van der Waals surface area contributed by atoms with Crippen molar-refractivity contribution in [2.45, 2.75) is 157 Å². The number of aliphatic hydroxyl groups is 9. The summed E-state index contributed by atoms with van der Waals surface area (Å²) in [5.74, 6) is -0.0354. The minimum absolute atomic E-state index is 0.0354. The fraction of sp³-hybridized carbons (Fsp3) is 0.970. The van der Waals surface area contributed by atoms with Crippen molar-refractivity contribution < 1.29 is 83.9 Å². The van der Waals surface area contributed by atoms with Crippen LogP contribution in [0.2, 0.25) is 0 Å². The predicted molar refractivity (Wildman–Crippen MR) is 188 cm³/mol. The lowest BCUT2D eigenvalue weighted by Crippen LogP contribution is -2.65. The minimum Gasteiger partial charge on any atom is -0.394 e. The maximum Gasteiger partial charge on any atom is 0.229 e. The van der Waals surface area contributed by atoms with Crippen LogP contribution in [0.15, 0.2) is 0 Å². The number of unbranched alkanes of at least 4 members (excludes halogenated alkanes) is 7. The maximum atomic E-state index is 11.3. The summed E-state index contributed by atoms with van der Waals surface area (Å²) in [7, 11) is 0. The molecule has 0 radical (unpaired) electrons. The Kier molecular flexibility index (Phi) is 21.4. The van der Waals surface area contributed by atoms with Crippen molar-refractivity contribution >= 4 is 28.5 Å². The van der Waals surface area contributed by atoms with Crippen LogP contribution in [0.1, 0.15) is 64.7 Å². The molecule has 3 heterocycles. The molecule has 0 unspecified atom stereocenters. The summed E-state index contributed by atoms with van der Waals surface area (Å²) in [6, 6.07) is 0. The fourth-order valence-corrected chi connectivity index (χ4v) is 6.39. The topological polar surface area (TPSA) is 276 Å². The Hall–Kier alpha value is -0.440. The van der Waals surface area contributed by atoms with Crippen LogP contribution in [-0.4, -0.2) is 188 Å². The van der Waals surface area contributed by atoms with E-state index >= 15 is 0 Å². The number of carbonyl (C=O) groups is 1. The molecule has 0 bridgehead atoms. The maximum absolute atomic E-state index is 11.3. The van der Waals surface area contributed by atoms with Crippen molar-refractivity contribution in [3.8, 4) is 0 Å². The Labute approximate surface area is 317 Å². The molecule has 3 fully saturated rings. The zero-order chi connectivity index (χ0) is 38.2. The van der Waals surface area contributed by atoms with E-state index in [2.05, 4.69) is 12.2 Å². The van der Waals surface area contributed by atoms with Crippen LogP contribution in [0.25, 0.3) is 0 Å². The predicted octanol–water partition coefficient (Wildman–Crippen LogP) is -2.44. The van der Waals surface area contributed by atoms with E-state index in [4.69, 9.17) is 33.2 Å². The van der Waals surface area contributed by atoms with E-state index in [0.29, 0.717) is 30.4 Å². The zero-order valence-electron chi connectivity index (χ0n) is 29.6. The minimum atomic E-state index is -1.79. The van der Waals surface area contributed by atoms with Gasteiger partial charge in [0.2, 0.25) is 5.91 Å². The average molecular weight is 870 g/mol. The molecule has 15 atom stereocenters. The van der Waals surface area contributed by atoms with Gasteiger partial charge in [-0.2, -0.15) is 0 Å². The van der Waals surface area contributed by atoms with Gasteiger partial charge < -0.3 is 84.4 Å². The summed E-state index contributed by atoms with van der Waals surface area (Å²) in [6.45, 7) is 1.79. The molecule has 0 saturated carbocycles. The van der Waals surface area contributed by atoms with Gasteiger partial charge in [-0.3, -0.25) is 4.79 Å². The van der Waals surface area contributed by atoms with E-state index in [0.717, 1.165) is 44.9 Å². The summed E-state index contributed by atoms with van der Waals surface area (Å²) in [4.78, 5) is 11.3. The van der Waals surface area contributed by atoms with Gasteiger partial charge >= 0.3 is 0 Å². The van der Waals surface area contributed by atoms with Crippen LogP contribution in [0.4, 0.5) is 0 Å². The number of halogens is 1. The van der Waals surface area contributed by atoms with Gasteiger partial charge in [-0.25, -0.2) is 0 Å². The zero-order valence-corrected chi connectivity index (χ0v) is 31.8. The summed E-state index contributed by atoms with van der Waals surface area (Å²) in [5, 5.41) is 97.5. The second kappa shape index (κ2) is 24.3. The molecule has 0 spiro atoms. The number of nitrogens with one attached hydrogen (secondary N) is 1. The number of rotatable bonds is 23. The summed E-state index contributed by atoms with van der Waals surface area (Å²) >= 11 is 1.98. The van der Waals surface area contributed by atoms with Crippen LogP contribution in [0.3, 0.4) is 0 Å². The Morgan fingerprint density at radius 2 is 1.17 bits per heavy atom. The van der Waals surface area contributed by atoms with Gasteiger partial charge in [-0.15, -0.1) is 0 Å². The highest BCUT2D eigenvalue weighted by Gasteiger charge is 2.52. The number of amides is 1. The van der Waals surface area contributed by atoms with E-state index in [1.54, 1.807) is 0 Å². The molecule has 52 heavy (non-hydrogen) atoms. The first-order valence-corrected chi connectivity index (χ1v) is 19.8. The van der Waals surface area contributed by atoms with Crippen LogP contribution in [-0.2, 0) is 38.0 Å². The monoisotopic (exact) mass is 869 g/mol. The lowest BCUT2D eigenvalue weighted by atomic mass is 9.96. The van der Waals surface area contributed by atoms with E-state index in [1.165, 1.54) is 0 Å². The number of hydrogen-bond donors (Lipinski definition) is 10. The smallest absolute Gasteiger partial charge is 0.229 e. The van der Waals surface area contributed by atoms with E-state index < -0.39 is 105 Å². The highest BCUT2D eigenvalue weighted by atomic mass is 127. The van der Waals surface area contributed by atoms with Crippen molar-refractivity contribution in [2.75, 3.05) is 44.0 Å². The van der Waals surface area contributed by atoms with Crippen molar-refractivity contribution in [2.24, 2.45) is 0 Å². The molecular formula is C33H60INO17. The molecule has 1 amide bonds. The standard InChI is InChI=1S/C33H60INO17/c1-2-3-4-5-6-10-13-47-32-29(45)30(24(40)20(50-32)17-48-31-27(43)25(41)22(38)18(15-36)49-31)52-33-28(44)26(42)23(39)19(51-33)16-46-12-9-7-8-11-35-21(37)14-34/h18-20,22-33,36,38-45H,2-17H2,1H3,(H,35,37)/t18-,19-,20-,22-,23-,24-,25+,26+,27+,28+,29+,30+,31+,32-,33-/m1/s1. The number of ether oxygens (including phenoxy) is 7. The van der Waals surface area contributed by atoms with Gasteiger partial charge in [0.1, 0.15) is 73.2 Å². The first kappa shape index (κ1) is 45.9. The molecule has 3 rings (SSSR count). The van der Waals surface area contributed by atoms with Gasteiger partial charge in [-0.1, -0.05) is 61.6 Å². The molecule has 10 N–H and O–H groups in total. The molecule has 3 saturated heterocycles. The quantitative estimate of drug-likeness (QED) is 0.0290. The molecule has 0 aromatic rings. The third kappa shape index (κ3) is 13.6. The first-order valence-electron chi connectivity index (χ1n) is 18.3. The van der Waals surface area contributed by atoms with Crippen LogP contribution >= 0.6 is 22.6 Å². The second-order valence-corrected chi connectivity index (χ2v) is 14.2. The normalized spacial score (nSPS) is 38.3. The Morgan fingerprint density at radius 1 is 0.615 bits per heavy atom. The molecule has 19 heteroatoms. The molecule has 18 nitrogen and oxygen atoms in total. The highest BCUT2D eigenvalue weighted by molar-refractivity contribution is 14.1. The van der Waals surface area contributed by atoms with Gasteiger partial charge in [0.15, 0.2) is 18.9 Å². The highest BCUT2D eigenvalue weighted by Crippen LogP contribution is 2.31. The Bertz CT molecular complexity index is 989.